The van der Waals surface area contributed by atoms with Gasteiger partial charge in [0, 0.05) is 13.1 Å². The summed E-state index contributed by atoms with van der Waals surface area (Å²) in [5, 5.41) is 8.20. The molecule has 0 spiro atoms. The Balaban J connectivity index is 1.60. The maximum Gasteiger partial charge on any atom is 0.243 e. The number of fused-ring (bicyclic) bond motifs is 1. The summed E-state index contributed by atoms with van der Waals surface area (Å²) in [5.74, 6) is 0. The minimum absolute atomic E-state index is 0.0688. The molecule has 0 unspecified atom stereocenters. The summed E-state index contributed by atoms with van der Waals surface area (Å²) < 4.78 is 32.8. The molecule has 0 amide bonds. The molecule has 0 atom stereocenters. The fourth-order valence-electron chi connectivity index (χ4n) is 3.85. The van der Waals surface area contributed by atoms with Crippen molar-refractivity contribution in [1.29, 1.82) is 0 Å². The topological polar surface area (TPSA) is 86.5 Å². The third-order valence-electron chi connectivity index (χ3n) is 5.89. The van der Waals surface area contributed by atoms with E-state index in [2.05, 4.69) is 57.1 Å². The average molecular weight is 459 g/mol. The molecular weight excluding hydrogens is 428 g/mol. The van der Waals surface area contributed by atoms with Crippen LogP contribution in [-0.4, -0.2) is 54.2 Å². The molecule has 0 N–H and O–H groups in total. The molecule has 3 aromatic rings. The summed E-state index contributed by atoms with van der Waals surface area (Å²) in [7, 11) is -3.62. The zero-order chi connectivity index (χ0) is 23.1. The molecule has 0 bridgehead atoms. The van der Waals surface area contributed by atoms with Crippen molar-refractivity contribution in [2.45, 2.75) is 51.5 Å². The lowest BCUT2D eigenvalue weighted by Gasteiger charge is -2.26. The van der Waals surface area contributed by atoms with Gasteiger partial charge in [-0.1, -0.05) is 37.7 Å². The van der Waals surface area contributed by atoms with Crippen LogP contribution in [-0.2, 0) is 26.8 Å². The number of hydrogen-bond donors (Lipinski definition) is 0. The minimum Gasteiger partial charge on any atom is -0.390 e. The fraction of sp³-hybridized carbons (Fsp3) is 0.478. The van der Waals surface area contributed by atoms with Crippen LogP contribution in [0.4, 0.5) is 0 Å². The van der Waals surface area contributed by atoms with Gasteiger partial charge in [0.1, 0.15) is 17.6 Å². The Morgan fingerprint density at radius 2 is 1.72 bits per heavy atom. The Labute approximate surface area is 189 Å². The van der Waals surface area contributed by atoms with Crippen LogP contribution in [0.1, 0.15) is 43.0 Å². The number of aromatic nitrogens is 3. The minimum atomic E-state index is -3.62. The van der Waals surface area contributed by atoms with Crippen molar-refractivity contribution in [2.24, 2.45) is 0 Å². The van der Waals surface area contributed by atoms with Crippen molar-refractivity contribution in [2.75, 3.05) is 26.3 Å². The van der Waals surface area contributed by atoms with Gasteiger partial charge in [-0.05, 0) is 64.9 Å². The third-order valence-corrected chi connectivity index (χ3v) is 7.78. The van der Waals surface area contributed by atoms with E-state index in [1.807, 2.05) is 0 Å². The second kappa shape index (κ2) is 8.46. The Morgan fingerprint density at radius 3 is 2.34 bits per heavy atom. The first-order valence-corrected chi connectivity index (χ1v) is 12.2. The van der Waals surface area contributed by atoms with Crippen molar-refractivity contribution in [1.82, 2.24) is 19.5 Å². The molecule has 1 saturated heterocycles. The lowest BCUT2D eigenvalue weighted by Crippen LogP contribution is -2.40. The van der Waals surface area contributed by atoms with E-state index in [1.54, 1.807) is 18.2 Å². The zero-order valence-electron chi connectivity index (χ0n) is 19.3. The Bertz CT molecular complexity index is 1220. The van der Waals surface area contributed by atoms with Gasteiger partial charge >= 0.3 is 0 Å². The summed E-state index contributed by atoms with van der Waals surface area (Å²) in [6.45, 7) is 12.5. The highest BCUT2D eigenvalue weighted by Gasteiger charge is 2.27. The maximum atomic E-state index is 13.0. The number of hydrogen-bond acceptors (Lipinski definition) is 6. The number of nitrogens with zero attached hydrogens (tertiary/aromatic N) is 4. The van der Waals surface area contributed by atoms with Gasteiger partial charge in [-0.25, -0.2) is 8.42 Å². The SMILES string of the molecule is Cc1cc(C(C)(C)C)cc(C)c1COn1nnc2ccc(S(=O)(=O)N3CCOCC3)cc21. The first kappa shape index (κ1) is 22.7. The maximum absolute atomic E-state index is 13.0. The van der Waals surface area contributed by atoms with Crippen LogP contribution in [0.3, 0.4) is 0 Å². The molecule has 1 aliphatic rings. The second-order valence-electron chi connectivity index (χ2n) is 9.24. The predicted molar refractivity (Wildman–Crippen MR) is 122 cm³/mol. The summed E-state index contributed by atoms with van der Waals surface area (Å²) in [5.41, 5.74) is 5.81. The molecule has 0 aliphatic carbocycles. The molecule has 1 aromatic heterocycles. The van der Waals surface area contributed by atoms with E-state index in [0.717, 1.165) is 16.7 Å². The number of morpholine rings is 1. The standard InChI is InChI=1S/C23H30N4O4S/c1-16-12-18(23(3,4)5)13-17(2)20(16)15-31-27-22-14-19(6-7-21(22)24-25-27)32(28,29)26-8-10-30-11-9-26/h6-7,12-14H,8-11,15H2,1-5H3. The quantitative estimate of drug-likeness (QED) is 0.584. The molecule has 2 aromatic carbocycles. The largest absolute Gasteiger partial charge is 0.390 e. The first-order chi connectivity index (χ1) is 15.1. The first-order valence-electron chi connectivity index (χ1n) is 10.7. The number of aryl methyl sites for hydroxylation is 2. The summed E-state index contributed by atoms with van der Waals surface area (Å²) in [4.78, 5) is 7.47. The van der Waals surface area contributed by atoms with E-state index in [1.165, 1.54) is 14.7 Å². The predicted octanol–water partition coefficient (Wildman–Crippen LogP) is 3.00. The van der Waals surface area contributed by atoms with E-state index in [4.69, 9.17) is 9.57 Å². The van der Waals surface area contributed by atoms with Crippen LogP contribution in [0, 0.1) is 13.8 Å². The van der Waals surface area contributed by atoms with E-state index < -0.39 is 10.0 Å². The fourth-order valence-corrected chi connectivity index (χ4v) is 5.28. The molecule has 0 saturated carbocycles. The van der Waals surface area contributed by atoms with Crippen molar-refractivity contribution in [3.05, 3.63) is 52.6 Å². The second-order valence-corrected chi connectivity index (χ2v) is 11.2. The van der Waals surface area contributed by atoms with Crippen LogP contribution in [0.15, 0.2) is 35.2 Å². The van der Waals surface area contributed by atoms with E-state index in [-0.39, 0.29) is 10.3 Å². The van der Waals surface area contributed by atoms with Gasteiger partial charge in [0.25, 0.3) is 0 Å². The summed E-state index contributed by atoms with van der Waals surface area (Å²) in [6.07, 6.45) is 0. The lowest BCUT2D eigenvalue weighted by molar-refractivity contribution is 0.0728. The van der Waals surface area contributed by atoms with Crippen LogP contribution in [0.25, 0.3) is 11.0 Å². The normalized spacial score (nSPS) is 15.9. The molecule has 172 valence electrons. The van der Waals surface area contributed by atoms with E-state index in [9.17, 15) is 8.42 Å². The van der Waals surface area contributed by atoms with Gasteiger partial charge in [0.15, 0.2) is 0 Å². The van der Waals surface area contributed by atoms with Crippen molar-refractivity contribution < 1.29 is 18.0 Å². The zero-order valence-corrected chi connectivity index (χ0v) is 20.1. The van der Waals surface area contributed by atoms with Gasteiger partial charge in [-0.3, -0.25) is 0 Å². The number of rotatable bonds is 5. The highest BCUT2D eigenvalue weighted by Crippen LogP contribution is 2.27. The monoisotopic (exact) mass is 458 g/mol. The Hall–Kier alpha value is -2.49. The third kappa shape index (κ3) is 4.37. The van der Waals surface area contributed by atoms with Gasteiger partial charge in [0.05, 0.1) is 18.1 Å². The van der Waals surface area contributed by atoms with Crippen molar-refractivity contribution in [3.8, 4) is 0 Å². The highest BCUT2D eigenvalue weighted by atomic mass is 32.2. The lowest BCUT2D eigenvalue weighted by atomic mass is 9.84. The van der Waals surface area contributed by atoms with Crippen molar-refractivity contribution >= 4 is 21.1 Å². The van der Waals surface area contributed by atoms with Gasteiger partial charge in [0.2, 0.25) is 10.0 Å². The van der Waals surface area contributed by atoms with Crippen LogP contribution < -0.4 is 4.84 Å². The van der Waals surface area contributed by atoms with Gasteiger partial charge in [-0.15, -0.1) is 5.10 Å². The highest BCUT2D eigenvalue weighted by molar-refractivity contribution is 7.89. The number of sulfonamides is 1. The van der Waals surface area contributed by atoms with E-state index in [0.29, 0.717) is 43.9 Å². The molecular formula is C23H30N4O4S. The molecule has 9 heteroatoms. The smallest absolute Gasteiger partial charge is 0.243 e. The van der Waals surface area contributed by atoms with Crippen molar-refractivity contribution in [3.63, 3.8) is 0 Å². The number of benzene rings is 2. The number of ether oxygens (including phenoxy) is 1. The molecule has 1 fully saturated rings. The molecule has 4 rings (SSSR count). The van der Waals surface area contributed by atoms with Crippen LogP contribution in [0.5, 0.6) is 0 Å². The summed E-state index contributed by atoms with van der Waals surface area (Å²) in [6, 6.07) is 9.18. The molecule has 2 heterocycles. The van der Waals surface area contributed by atoms with Crippen LogP contribution >= 0.6 is 0 Å². The van der Waals surface area contributed by atoms with Crippen LogP contribution in [0.2, 0.25) is 0 Å². The molecule has 8 nitrogen and oxygen atoms in total. The molecule has 0 radical (unpaired) electrons. The van der Waals surface area contributed by atoms with Gasteiger partial charge < -0.3 is 9.57 Å². The van der Waals surface area contributed by atoms with Gasteiger partial charge in [-0.2, -0.15) is 4.31 Å². The summed E-state index contributed by atoms with van der Waals surface area (Å²) >= 11 is 0. The average Bonchev–Trinajstić information content (AvgIpc) is 3.15. The molecule has 32 heavy (non-hydrogen) atoms. The molecule has 1 aliphatic heterocycles. The van der Waals surface area contributed by atoms with E-state index >= 15 is 0 Å². The Kier molecular flexibility index (Phi) is 6.00. The Morgan fingerprint density at radius 1 is 1.06 bits per heavy atom.